The summed E-state index contributed by atoms with van der Waals surface area (Å²) in [5, 5.41) is 23.2. The van der Waals surface area contributed by atoms with E-state index in [0.717, 1.165) is 12.1 Å². The zero-order valence-corrected chi connectivity index (χ0v) is 28.2. The van der Waals surface area contributed by atoms with E-state index in [1.807, 2.05) is 0 Å². The number of halogens is 17. The highest BCUT2D eigenvalue weighted by Gasteiger charge is 2.73. The third kappa shape index (κ3) is 9.97. The molecule has 2 amide bonds. The Kier molecular flexibility index (Phi) is 13.6. The van der Waals surface area contributed by atoms with Gasteiger partial charge in [0.15, 0.2) is 0 Å². The Morgan fingerprint density at radius 3 is 1.19 bits per heavy atom. The molecule has 0 aliphatic carbocycles. The van der Waals surface area contributed by atoms with Gasteiger partial charge in [-0.05, 0) is 54.1 Å². The van der Waals surface area contributed by atoms with Crippen molar-refractivity contribution in [3.63, 3.8) is 0 Å². The normalized spacial score (nSPS) is 14.7. The number of carbonyl (C=O) groups excluding carboxylic acids is 2. The van der Waals surface area contributed by atoms with E-state index < -0.39 is 118 Å². The molecular weight excluding hydrogens is 835 g/mol. The van der Waals surface area contributed by atoms with Gasteiger partial charge in [-0.25, -0.2) is 13.2 Å². The van der Waals surface area contributed by atoms with Gasteiger partial charge in [-0.2, -0.15) is 61.5 Å². The van der Waals surface area contributed by atoms with Crippen molar-refractivity contribution in [3.05, 3.63) is 142 Å². The van der Waals surface area contributed by atoms with Crippen LogP contribution in [0.5, 0.6) is 0 Å². The molecule has 0 aliphatic rings. The zero-order chi connectivity index (χ0) is 44.3. The minimum absolute atomic E-state index is 0.249. The molecule has 0 aliphatic heterocycles. The summed E-state index contributed by atoms with van der Waals surface area (Å²) in [5.74, 6) is -13.8. The highest BCUT2D eigenvalue weighted by molar-refractivity contribution is 5.88. The van der Waals surface area contributed by atoms with Gasteiger partial charge in [-0.1, -0.05) is 42.5 Å². The smallest absolute Gasteiger partial charge is 0.370 e. The van der Waals surface area contributed by atoms with Crippen LogP contribution in [0.15, 0.2) is 91.0 Å². The maximum atomic E-state index is 14.1. The van der Waals surface area contributed by atoms with Crippen molar-refractivity contribution in [1.29, 1.82) is 0 Å². The van der Waals surface area contributed by atoms with Crippen molar-refractivity contribution in [2.45, 2.75) is 54.9 Å². The highest BCUT2D eigenvalue weighted by Crippen LogP contribution is 2.49. The molecule has 0 fully saturated rings. The summed E-state index contributed by atoms with van der Waals surface area (Å²) in [6, 6.07) is 8.82. The number of alkyl halides is 14. The molecule has 0 radical (unpaired) electrons. The van der Waals surface area contributed by atoms with Crippen LogP contribution in [0.25, 0.3) is 0 Å². The fourth-order valence-electron chi connectivity index (χ4n) is 4.83. The molecule has 0 saturated heterocycles. The molecule has 23 heteroatoms. The van der Waals surface area contributed by atoms with Crippen LogP contribution in [0, 0.1) is 17.5 Å². The van der Waals surface area contributed by atoms with Gasteiger partial charge in [-0.3, -0.25) is 9.59 Å². The molecule has 0 aromatic heterocycles. The van der Waals surface area contributed by atoms with Gasteiger partial charge in [0.25, 0.3) is 17.4 Å². The Morgan fingerprint density at radius 1 is 0.466 bits per heavy atom. The lowest BCUT2D eigenvalue weighted by Crippen LogP contribution is -2.62. The third-order valence-electron chi connectivity index (χ3n) is 7.96. The summed E-state index contributed by atoms with van der Waals surface area (Å²) >= 11 is 0. The molecule has 2 atom stereocenters. The van der Waals surface area contributed by atoms with E-state index in [2.05, 4.69) is 0 Å². The second-order valence-corrected chi connectivity index (χ2v) is 11.8. The zero-order valence-electron chi connectivity index (χ0n) is 28.2. The number of hydrogen-bond acceptors (Lipinski definition) is 4. The lowest BCUT2D eigenvalue weighted by molar-refractivity contribution is -0.337. The molecule has 58 heavy (non-hydrogen) atoms. The highest BCUT2D eigenvalue weighted by atomic mass is 19.4. The quantitative estimate of drug-likeness (QED) is 0.127. The van der Waals surface area contributed by atoms with Crippen molar-refractivity contribution < 1.29 is 94.4 Å². The van der Waals surface area contributed by atoms with E-state index >= 15 is 0 Å². The van der Waals surface area contributed by atoms with Gasteiger partial charge in [0.2, 0.25) is 5.60 Å². The fourth-order valence-corrected chi connectivity index (χ4v) is 4.83. The molecular formula is C35H23F17N2O4. The van der Waals surface area contributed by atoms with Crippen LogP contribution in [-0.4, -0.2) is 40.3 Å². The first-order valence-corrected chi connectivity index (χ1v) is 15.4. The van der Waals surface area contributed by atoms with Crippen LogP contribution in [0.2, 0.25) is 0 Å². The Balaban J connectivity index is 0.000000311. The molecule has 6 nitrogen and oxygen atoms in total. The molecule has 0 saturated carbocycles. The molecule has 316 valence electrons. The van der Waals surface area contributed by atoms with Crippen LogP contribution < -0.4 is 10.6 Å². The minimum atomic E-state index is -6.36. The van der Waals surface area contributed by atoms with Crippen LogP contribution in [0.4, 0.5) is 74.6 Å². The first kappa shape index (κ1) is 46.9. The largest absolute Gasteiger partial charge is 0.457 e. The van der Waals surface area contributed by atoms with Crippen molar-refractivity contribution in [3.8, 4) is 0 Å². The van der Waals surface area contributed by atoms with E-state index in [-0.39, 0.29) is 6.07 Å². The molecule has 0 bridgehead atoms. The molecule has 0 spiro atoms. The average Bonchev–Trinajstić information content (AvgIpc) is 3.12. The number of nitrogens with one attached hydrogen (secondary N) is 2. The van der Waals surface area contributed by atoms with E-state index in [1.165, 1.54) is 11.4 Å². The topological polar surface area (TPSA) is 98.7 Å². The van der Waals surface area contributed by atoms with E-state index in [0.29, 0.717) is 66.7 Å². The minimum Gasteiger partial charge on any atom is -0.370 e. The summed E-state index contributed by atoms with van der Waals surface area (Å²) in [6.07, 6.45) is -21.7. The number of hydrogen-bond donors (Lipinski definition) is 4. The Morgan fingerprint density at radius 2 is 0.828 bits per heavy atom. The average molecular weight is 859 g/mol. The Hall–Kier alpha value is -5.45. The van der Waals surface area contributed by atoms with E-state index in [1.54, 1.807) is 5.32 Å². The van der Waals surface area contributed by atoms with Gasteiger partial charge in [0.1, 0.15) is 17.5 Å². The number of aliphatic hydroxyl groups is 2. The summed E-state index contributed by atoms with van der Waals surface area (Å²) < 4.78 is 223. The van der Waals surface area contributed by atoms with Crippen LogP contribution >= 0.6 is 0 Å². The number of rotatable bonds is 9. The Labute approximate surface area is 313 Å². The first-order valence-electron chi connectivity index (χ1n) is 15.4. The summed E-state index contributed by atoms with van der Waals surface area (Å²) in [5.41, 5.74) is -15.0. The molecule has 4 aromatic carbocycles. The maximum Gasteiger partial charge on any atom is 0.457 e. The number of benzene rings is 4. The third-order valence-corrected chi connectivity index (χ3v) is 7.96. The van der Waals surface area contributed by atoms with Crippen LogP contribution in [0.3, 0.4) is 0 Å². The van der Waals surface area contributed by atoms with Gasteiger partial charge in [-0.15, -0.1) is 0 Å². The van der Waals surface area contributed by atoms with Crippen molar-refractivity contribution in [2.24, 2.45) is 0 Å². The van der Waals surface area contributed by atoms with Gasteiger partial charge < -0.3 is 20.8 Å². The molecule has 4 aromatic rings. The lowest BCUT2D eigenvalue weighted by atomic mass is 9.85. The summed E-state index contributed by atoms with van der Waals surface area (Å²) in [7, 11) is 0. The fraction of sp³-hybridized carbons (Fsp3) is 0.257. The second kappa shape index (κ2) is 16.8. The van der Waals surface area contributed by atoms with Crippen LogP contribution in [-0.2, 0) is 46.2 Å². The standard InChI is InChI=1S/C18H12F9NO2.C17H11F8NO2/c19-13-7-6-12(16(20,21)22)8-10(13)9-28-14(29)15(30,11-4-2-1-3-5-11)17(23,24)18(25,26)27;18-12-4-1-10(2-5-12)15(28,17(23,24)25)14(27)26-8-9-7-11(16(20,21)22)3-6-13(9)19/h1-8,30H,9H2,(H,28,29);1-7,28H,8H2,(H,26,27)/t2*15-/m00/s1. The van der Waals surface area contributed by atoms with Crippen molar-refractivity contribution in [1.82, 2.24) is 10.6 Å². The summed E-state index contributed by atoms with van der Waals surface area (Å²) in [6.45, 7) is -2.26. The summed E-state index contributed by atoms with van der Waals surface area (Å²) in [4.78, 5) is 24.3. The SMILES string of the molecule is O=C(NCc1cc(C(F)(F)F)ccc1F)[C@@](O)(c1ccc(F)cc1)C(F)(F)F.O=C(NCc1cc(C(F)(F)F)ccc1F)[C@@](O)(c1ccccc1)C(F)(F)C(F)(F)F. The molecule has 0 unspecified atom stereocenters. The predicted molar refractivity (Wildman–Crippen MR) is 164 cm³/mol. The lowest BCUT2D eigenvalue weighted by Gasteiger charge is -2.35. The van der Waals surface area contributed by atoms with E-state index in [9.17, 15) is 94.4 Å². The van der Waals surface area contributed by atoms with Crippen LogP contribution in [0.1, 0.15) is 33.4 Å². The number of carbonyl (C=O) groups is 2. The predicted octanol–water partition coefficient (Wildman–Crippen LogP) is 8.60. The van der Waals surface area contributed by atoms with Crippen molar-refractivity contribution in [2.75, 3.05) is 0 Å². The molecule has 4 rings (SSSR count). The maximum absolute atomic E-state index is 14.1. The first-order chi connectivity index (χ1) is 26.4. The Bertz CT molecular complexity index is 2070. The van der Waals surface area contributed by atoms with Gasteiger partial charge >= 0.3 is 30.6 Å². The monoisotopic (exact) mass is 858 g/mol. The molecule has 0 heterocycles. The van der Waals surface area contributed by atoms with Crippen molar-refractivity contribution >= 4 is 11.8 Å². The molecule has 4 N–H and O–H groups in total. The van der Waals surface area contributed by atoms with E-state index in [4.69, 9.17) is 0 Å². The van der Waals surface area contributed by atoms with Gasteiger partial charge in [0.05, 0.1) is 11.1 Å². The van der Waals surface area contributed by atoms with Gasteiger partial charge in [0, 0.05) is 29.8 Å². The number of amides is 2. The second-order valence-electron chi connectivity index (χ2n) is 11.8.